The molecule has 3 N–H and O–H groups in total. The number of pyridine rings is 1. The Morgan fingerprint density at radius 3 is 2.30 bits per heavy atom. The smallest absolute Gasteiger partial charge is 0.301 e. The SMILES string of the molecule is O=C1CC[C@H](N2Cc3cc(N4CCC(CN5CCN(c6ccc(-c7cnc8[nH]cc(C(=O)c9c(F)ccc(NS(=O)(=O)N%10CC[C@@H](F)C%10)c9F)c8c7)cc6)CC5)CC4)ccc3C2=O)C(=O)N1. The third-order valence-electron chi connectivity index (χ3n) is 13.7. The second kappa shape index (κ2) is 17.5. The summed E-state index contributed by atoms with van der Waals surface area (Å²) >= 11 is 0. The Bertz CT molecular complexity index is 2860. The average Bonchev–Trinajstić information content (AvgIpc) is 4.04. The Morgan fingerprint density at radius 2 is 1.58 bits per heavy atom. The van der Waals surface area contributed by atoms with E-state index in [1.165, 1.54) is 6.20 Å². The van der Waals surface area contributed by atoms with E-state index in [9.17, 15) is 32.0 Å². The molecule has 3 aromatic carbocycles. The molecular formula is C47H48F3N9O6S. The monoisotopic (exact) mass is 923 g/mol. The Labute approximate surface area is 379 Å². The van der Waals surface area contributed by atoms with Crippen molar-refractivity contribution in [1.29, 1.82) is 0 Å². The van der Waals surface area contributed by atoms with Gasteiger partial charge in [0.15, 0.2) is 5.82 Å². The molecule has 66 heavy (non-hydrogen) atoms. The first kappa shape index (κ1) is 43.6. The zero-order valence-electron chi connectivity index (χ0n) is 35.9. The summed E-state index contributed by atoms with van der Waals surface area (Å²) in [5.41, 5.74) is 3.92. The number of aromatic amines is 1. The number of hydrogen-bond donors (Lipinski definition) is 3. The Morgan fingerprint density at radius 1 is 0.833 bits per heavy atom. The topological polar surface area (TPSA) is 171 Å². The van der Waals surface area contributed by atoms with Crippen molar-refractivity contribution in [3.63, 3.8) is 0 Å². The van der Waals surface area contributed by atoms with Gasteiger partial charge in [0, 0.05) is 118 Å². The lowest BCUT2D eigenvalue weighted by Gasteiger charge is -2.40. The summed E-state index contributed by atoms with van der Waals surface area (Å²) in [5.74, 6) is -3.85. The number of fused-ring (bicyclic) bond motifs is 2. The van der Waals surface area contributed by atoms with Crippen LogP contribution >= 0.6 is 0 Å². The summed E-state index contributed by atoms with van der Waals surface area (Å²) in [7, 11) is -4.36. The van der Waals surface area contributed by atoms with Crippen LogP contribution in [-0.4, -0.2) is 127 Å². The van der Waals surface area contributed by atoms with Crippen molar-refractivity contribution in [2.45, 2.75) is 50.9 Å². The van der Waals surface area contributed by atoms with Crippen molar-refractivity contribution < 1.29 is 40.8 Å². The predicted molar refractivity (Wildman–Crippen MR) is 241 cm³/mol. The summed E-state index contributed by atoms with van der Waals surface area (Å²) < 4.78 is 73.1. The molecule has 0 radical (unpaired) electrons. The van der Waals surface area contributed by atoms with Crippen molar-refractivity contribution >= 4 is 61.8 Å². The maximum absolute atomic E-state index is 15.8. The van der Waals surface area contributed by atoms with Gasteiger partial charge in [0.05, 0.1) is 11.3 Å². The zero-order chi connectivity index (χ0) is 45.9. The number of rotatable bonds is 11. The first-order valence-electron chi connectivity index (χ1n) is 22.3. The van der Waals surface area contributed by atoms with Crippen LogP contribution in [0.15, 0.2) is 73.1 Å². The number of H-pyrrole nitrogens is 1. The number of piperazine rings is 1. The van der Waals surface area contributed by atoms with Gasteiger partial charge in [0.1, 0.15) is 23.7 Å². The van der Waals surface area contributed by atoms with Crippen molar-refractivity contribution in [3.8, 4) is 11.1 Å². The lowest BCUT2D eigenvalue weighted by Crippen LogP contribution is -2.52. The predicted octanol–water partition coefficient (Wildman–Crippen LogP) is 5.24. The molecule has 0 spiro atoms. The molecule has 0 bridgehead atoms. The van der Waals surface area contributed by atoms with Crippen LogP contribution in [0, 0.1) is 17.6 Å². The molecule has 10 rings (SSSR count). The lowest BCUT2D eigenvalue weighted by atomic mass is 9.95. The van der Waals surface area contributed by atoms with Crippen LogP contribution in [0.5, 0.6) is 0 Å². The molecule has 5 aliphatic heterocycles. The summed E-state index contributed by atoms with van der Waals surface area (Å²) in [6.07, 6.45) is 4.31. The number of aromatic nitrogens is 2. The number of nitrogens with zero attached hydrogens (tertiary/aromatic N) is 6. The summed E-state index contributed by atoms with van der Waals surface area (Å²) in [5, 5.41) is 2.70. The Balaban J connectivity index is 0.730. The third-order valence-corrected chi connectivity index (χ3v) is 15.2. The molecule has 19 heteroatoms. The Kier molecular flexibility index (Phi) is 11.5. The van der Waals surface area contributed by atoms with Crippen LogP contribution in [-0.2, 0) is 26.3 Å². The average molecular weight is 924 g/mol. The van der Waals surface area contributed by atoms with Crippen LogP contribution in [0.2, 0.25) is 0 Å². The van der Waals surface area contributed by atoms with Crippen molar-refractivity contribution in [2.75, 3.05) is 73.4 Å². The van der Waals surface area contributed by atoms with Crippen LogP contribution < -0.4 is 19.8 Å². The number of hydrogen-bond acceptors (Lipinski definition) is 10. The number of halogens is 3. The number of carbonyl (C=O) groups is 4. The van der Waals surface area contributed by atoms with Gasteiger partial charge in [-0.05, 0) is 91.3 Å². The Hall–Kier alpha value is -6.31. The number of nitrogens with one attached hydrogen (secondary N) is 3. The number of piperidine rings is 2. The van der Waals surface area contributed by atoms with Gasteiger partial charge in [-0.2, -0.15) is 12.7 Å². The summed E-state index contributed by atoms with van der Waals surface area (Å²) in [4.78, 5) is 67.2. The molecule has 15 nitrogen and oxygen atoms in total. The van der Waals surface area contributed by atoms with E-state index in [1.54, 1.807) is 17.2 Å². The molecule has 4 fully saturated rings. The van der Waals surface area contributed by atoms with E-state index < -0.39 is 57.0 Å². The molecule has 3 amide bonds. The van der Waals surface area contributed by atoms with Crippen LogP contribution in [0.3, 0.4) is 0 Å². The van der Waals surface area contributed by atoms with Crippen LogP contribution in [0.1, 0.15) is 63.9 Å². The molecule has 4 saturated heterocycles. The van der Waals surface area contributed by atoms with E-state index >= 15 is 8.78 Å². The number of amides is 3. The summed E-state index contributed by atoms with van der Waals surface area (Å²) in [6, 6.07) is 16.8. The van der Waals surface area contributed by atoms with Gasteiger partial charge >= 0.3 is 10.2 Å². The zero-order valence-corrected chi connectivity index (χ0v) is 36.8. The second-order valence-electron chi connectivity index (χ2n) is 17.8. The molecule has 5 aromatic rings. The fraction of sp³-hybridized carbons (Fsp3) is 0.383. The minimum absolute atomic E-state index is 0.00344. The molecular weight excluding hydrogens is 876 g/mol. The normalized spacial score (nSPS) is 21.2. The van der Waals surface area contributed by atoms with Gasteiger partial charge in [0.2, 0.25) is 17.6 Å². The number of imide groups is 1. The van der Waals surface area contributed by atoms with Crippen molar-refractivity contribution in [2.24, 2.45) is 5.92 Å². The fourth-order valence-corrected chi connectivity index (χ4v) is 11.3. The molecule has 2 atom stereocenters. The molecule has 0 aliphatic carbocycles. The van der Waals surface area contributed by atoms with Gasteiger partial charge in [-0.1, -0.05) is 12.1 Å². The van der Waals surface area contributed by atoms with Crippen LogP contribution in [0.4, 0.5) is 30.2 Å². The molecule has 5 aliphatic rings. The van der Waals surface area contributed by atoms with E-state index in [0.29, 0.717) is 41.0 Å². The van der Waals surface area contributed by atoms with Crippen molar-refractivity contribution in [3.05, 3.63) is 107 Å². The number of anilines is 3. The van der Waals surface area contributed by atoms with Crippen LogP contribution in [0.25, 0.3) is 22.2 Å². The van der Waals surface area contributed by atoms with E-state index in [0.717, 1.165) is 97.6 Å². The molecule has 344 valence electrons. The fourth-order valence-electron chi connectivity index (χ4n) is 9.98. The highest BCUT2D eigenvalue weighted by atomic mass is 32.2. The highest BCUT2D eigenvalue weighted by Crippen LogP contribution is 2.34. The maximum Gasteiger partial charge on any atom is 0.301 e. The van der Waals surface area contributed by atoms with Crippen molar-refractivity contribution in [1.82, 2.24) is 29.4 Å². The lowest BCUT2D eigenvalue weighted by molar-refractivity contribution is -0.136. The number of ketones is 1. The molecule has 0 saturated carbocycles. The molecule has 7 heterocycles. The van der Waals surface area contributed by atoms with E-state index in [2.05, 4.69) is 36.1 Å². The second-order valence-corrected chi connectivity index (χ2v) is 19.5. The minimum Gasteiger partial charge on any atom is -0.372 e. The third kappa shape index (κ3) is 8.39. The number of benzene rings is 3. The standard InChI is InChI=1S/C47H48F3N9O6S/c48-32-13-16-58(27-32)66(64,65)54-39-8-7-38(49)42(43(39)50)44(61)37-24-52-45-36(37)22-30(23-51-45)29-1-3-33(4-2-29)57-19-17-55(18-20-57)25-28-11-14-56(15-12-28)34-5-6-35-31(21-34)26-59(47(35)63)40-9-10-41(60)53-46(40)62/h1-8,21-24,28,32,40,54H,9-20,25-27H2,(H,51,52)(H,53,60,62)/t32-,40+/m1/s1. The van der Waals surface area contributed by atoms with Gasteiger partial charge in [0.25, 0.3) is 5.91 Å². The minimum atomic E-state index is -4.36. The van der Waals surface area contributed by atoms with Gasteiger partial charge in [-0.3, -0.25) is 34.1 Å². The first-order chi connectivity index (χ1) is 31.8. The maximum atomic E-state index is 15.8. The molecule has 2 aromatic heterocycles. The summed E-state index contributed by atoms with van der Waals surface area (Å²) in [6.45, 7) is 6.37. The van der Waals surface area contributed by atoms with E-state index in [-0.39, 0.29) is 43.3 Å². The quantitative estimate of drug-likeness (QED) is 0.118. The van der Waals surface area contributed by atoms with Gasteiger partial charge in [-0.15, -0.1) is 0 Å². The molecule has 0 unspecified atom stereocenters. The van der Waals surface area contributed by atoms with Gasteiger partial charge < -0.3 is 19.7 Å². The first-order valence-corrected chi connectivity index (χ1v) is 23.8. The number of alkyl halides is 1. The largest absolute Gasteiger partial charge is 0.372 e. The highest BCUT2D eigenvalue weighted by molar-refractivity contribution is 7.90. The number of carbonyl (C=O) groups excluding carboxylic acids is 4. The van der Waals surface area contributed by atoms with E-state index in [1.807, 2.05) is 41.1 Å². The highest BCUT2D eigenvalue weighted by Gasteiger charge is 2.40. The van der Waals surface area contributed by atoms with Gasteiger partial charge in [-0.25, -0.2) is 18.2 Å². The van der Waals surface area contributed by atoms with E-state index in [4.69, 9.17) is 0 Å².